The van der Waals surface area contributed by atoms with Gasteiger partial charge in [0.25, 0.3) is 0 Å². The summed E-state index contributed by atoms with van der Waals surface area (Å²) in [6.45, 7) is 11.3. The van der Waals surface area contributed by atoms with E-state index in [-0.39, 0.29) is 11.9 Å². The van der Waals surface area contributed by atoms with Crippen molar-refractivity contribution in [1.29, 1.82) is 0 Å². The molecule has 0 saturated carbocycles. The SMILES string of the molecule is CC(=O)N1CCCC[C@@H]1c1cccnc1N(C(C)C)C(C)C. The number of aromatic nitrogens is 1. The Labute approximate surface area is 134 Å². The van der Waals surface area contributed by atoms with Crippen LogP contribution in [0.1, 0.15) is 65.5 Å². The van der Waals surface area contributed by atoms with E-state index in [1.807, 2.05) is 17.2 Å². The average Bonchev–Trinajstić information content (AvgIpc) is 2.47. The molecule has 1 atom stereocenters. The van der Waals surface area contributed by atoms with Gasteiger partial charge in [-0.2, -0.15) is 0 Å². The van der Waals surface area contributed by atoms with E-state index >= 15 is 0 Å². The van der Waals surface area contributed by atoms with Crippen molar-refractivity contribution in [2.24, 2.45) is 0 Å². The molecule has 1 saturated heterocycles. The highest BCUT2D eigenvalue weighted by Crippen LogP contribution is 2.36. The van der Waals surface area contributed by atoms with E-state index in [0.717, 1.165) is 25.2 Å². The molecule has 1 aromatic heterocycles. The summed E-state index contributed by atoms with van der Waals surface area (Å²) in [5, 5.41) is 0. The van der Waals surface area contributed by atoms with E-state index in [2.05, 4.69) is 43.6 Å². The summed E-state index contributed by atoms with van der Waals surface area (Å²) in [6.07, 6.45) is 5.16. The Morgan fingerprint density at radius 3 is 2.55 bits per heavy atom. The zero-order valence-corrected chi connectivity index (χ0v) is 14.5. The van der Waals surface area contributed by atoms with Gasteiger partial charge in [0, 0.05) is 37.3 Å². The molecule has 0 unspecified atom stereocenters. The van der Waals surface area contributed by atoms with Gasteiger partial charge in [0.15, 0.2) is 0 Å². The maximum atomic E-state index is 12.0. The summed E-state index contributed by atoms with van der Waals surface area (Å²) in [5.74, 6) is 1.20. The fourth-order valence-electron chi connectivity index (χ4n) is 3.60. The lowest BCUT2D eigenvalue weighted by molar-refractivity contribution is -0.132. The van der Waals surface area contributed by atoms with Gasteiger partial charge in [-0.25, -0.2) is 4.98 Å². The van der Waals surface area contributed by atoms with Crippen LogP contribution in [0.25, 0.3) is 0 Å². The highest BCUT2D eigenvalue weighted by Gasteiger charge is 2.30. The molecule has 1 aromatic rings. The minimum atomic E-state index is 0.162. The number of likely N-dealkylation sites (tertiary alicyclic amines) is 1. The molecular formula is C18H29N3O. The summed E-state index contributed by atoms with van der Waals surface area (Å²) in [6, 6.07) is 5.05. The smallest absolute Gasteiger partial charge is 0.219 e. The van der Waals surface area contributed by atoms with Crippen molar-refractivity contribution >= 4 is 11.7 Å². The zero-order valence-electron chi connectivity index (χ0n) is 14.5. The van der Waals surface area contributed by atoms with E-state index in [1.165, 1.54) is 12.0 Å². The zero-order chi connectivity index (χ0) is 16.3. The third kappa shape index (κ3) is 3.42. The lowest BCUT2D eigenvalue weighted by Crippen LogP contribution is -2.41. The normalized spacial score (nSPS) is 18.9. The number of hydrogen-bond acceptors (Lipinski definition) is 3. The first-order valence-electron chi connectivity index (χ1n) is 8.44. The molecule has 0 bridgehead atoms. The predicted octanol–water partition coefficient (Wildman–Crippen LogP) is 3.78. The third-order valence-electron chi connectivity index (χ3n) is 4.44. The lowest BCUT2D eigenvalue weighted by Gasteiger charge is -2.39. The highest BCUT2D eigenvalue weighted by molar-refractivity contribution is 5.74. The number of carbonyl (C=O) groups excluding carboxylic acids is 1. The number of carbonyl (C=O) groups is 1. The maximum absolute atomic E-state index is 12.0. The van der Waals surface area contributed by atoms with Gasteiger partial charge < -0.3 is 9.80 Å². The number of rotatable bonds is 4. The van der Waals surface area contributed by atoms with Crippen molar-refractivity contribution in [3.8, 4) is 0 Å². The Kier molecular flexibility index (Phi) is 5.43. The molecule has 1 amide bonds. The van der Waals surface area contributed by atoms with Crippen molar-refractivity contribution < 1.29 is 4.79 Å². The Hall–Kier alpha value is -1.58. The Balaban J connectivity index is 2.44. The minimum absolute atomic E-state index is 0.162. The number of nitrogens with zero attached hydrogens (tertiary/aromatic N) is 3. The Morgan fingerprint density at radius 1 is 1.27 bits per heavy atom. The predicted molar refractivity (Wildman–Crippen MR) is 91.0 cm³/mol. The second-order valence-corrected chi connectivity index (χ2v) is 6.73. The van der Waals surface area contributed by atoms with Gasteiger partial charge in [-0.05, 0) is 53.0 Å². The minimum Gasteiger partial charge on any atom is -0.351 e. The van der Waals surface area contributed by atoms with Crippen LogP contribution in [0.3, 0.4) is 0 Å². The molecule has 0 aliphatic carbocycles. The van der Waals surface area contributed by atoms with E-state index in [1.54, 1.807) is 6.92 Å². The number of anilines is 1. The topological polar surface area (TPSA) is 36.4 Å². The maximum Gasteiger partial charge on any atom is 0.219 e. The van der Waals surface area contributed by atoms with Crippen LogP contribution in [-0.4, -0.2) is 34.4 Å². The molecule has 1 aliphatic heterocycles. The first-order chi connectivity index (χ1) is 10.4. The molecule has 122 valence electrons. The number of amides is 1. The molecule has 1 fully saturated rings. The lowest BCUT2D eigenvalue weighted by atomic mass is 9.94. The molecule has 0 radical (unpaired) electrons. The van der Waals surface area contributed by atoms with Crippen LogP contribution >= 0.6 is 0 Å². The van der Waals surface area contributed by atoms with Gasteiger partial charge in [0.1, 0.15) is 5.82 Å². The second-order valence-electron chi connectivity index (χ2n) is 6.73. The van der Waals surface area contributed by atoms with Crippen LogP contribution in [0.5, 0.6) is 0 Å². The number of pyridine rings is 1. The Morgan fingerprint density at radius 2 is 1.95 bits per heavy atom. The molecular weight excluding hydrogens is 274 g/mol. The fraction of sp³-hybridized carbons (Fsp3) is 0.667. The molecule has 0 spiro atoms. The number of hydrogen-bond donors (Lipinski definition) is 0. The molecule has 0 aromatic carbocycles. The highest BCUT2D eigenvalue weighted by atomic mass is 16.2. The van der Waals surface area contributed by atoms with Crippen molar-refractivity contribution in [3.63, 3.8) is 0 Å². The second kappa shape index (κ2) is 7.12. The molecule has 2 rings (SSSR count). The van der Waals surface area contributed by atoms with Crippen LogP contribution < -0.4 is 4.90 Å². The molecule has 4 heteroatoms. The summed E-state index contributed by atoms with van der Waals surface area (Å²) in [7, 11) is 0. The monoisotopic (exact) mass is 303 g/mol. The summed E-state index contributed by atoms with van der Waals surface area (Å²) in [4.78, 5) is 21.1. The van der Waals surface area contributed by atoms with Gasteiger partial charge >= 0.3 is 0 Å². The van der Waals surface area contributed by atoms with Crippen LogP contribution in [0.2, 0.25) is 0 Å². The van der Waals surface area contributed by atoms with Gasteiger partial charge in [0.2, 0.25) is 5.91 Å². The van der Waals surface area contributed by atoms with E-state index in [9.17, 15) is 4.79 Å². The third-order valence-corrected chi connectivity index (χ3v) is 4.44. The summed E-state index contributed by atoms with van der Waals surface area (Å²) in [5.41, 5.74) is 1.19. The van der Waals surface area contributed by atoms with Crippen LogP contribution in [0.4, 0.5) is 5.82 Å². The van der Waals surface area contributed by atoms with E-state index in [4.69, 9.17) is 0 Å². The average molecular weight is 303 g/mol. The van der Waals surface area contributed by atoms with Crippen molar-refractivity contribution in [1.82, 2.24) is 9.88 Å². The van der Waals surface area contributed by atoms with Crippen LogP contribution in [0.15, 0.2) is 18.3 Å². The van der Waals surface area contributed by atoms with Gasteiger partial charge in [0.05, 0.1) is 6.04 Å². The quantitative estimate of drug-likeness (QED) is 0.849. The molecule has 1 aliphatic rings. The van der Waals surface area contributed by atoms with Crippen molar-refractivity contribution in [2.45, 2.75) is 72.0 Å². The van der Waals surface area contributed by atoms with Crippen molar-refractivity contribution in [2.75, 3.05) is 11.4 Å². The first kappa shape index (κ1) is 16.8. The summed E-state index contributed by atoms with van der Waals surface area (Å²) < 4.78 is 0. The van der Waals surface area contributed by atoms with E-state index in [0.29, 0.717) is 12.1 Å². The van der Waals surface area contributed by atoms with Gasteiger partial charge in [-0.1, -0.05) is 6.07 Å². The Bertz CT molecular complexity index is 505. The van der Waals surface area contributed by atoms with E-state index < -0.39 is 0 Å². The van der Waals surface area contributed by atoms with Crippen molar-refractivity contribution in [3.05, 3.63) is 23.9 Å². The molecule has 22 heavy (non-hydrogen) atoms. The van der Waals surface area contributed by atoms with Crippen LogP contribution in [-0.2, 0) is 4.79 Å². The first-order valence-corrected chi connectivity index (χ1v) is 8.44. The molecule has 4 nitrogen and oxygen atoms in total. The summed E-state index contributed by atoms with van der Waals surface area (Å²) >= 11 is 0. The van der Waals surface area contributed by atoms with Gasteiger partial charge in [-0.15, -0.1) is 0 Å². The largest absolute Gasteiger partial charge is 0.351 e. The number of piperidine rings is 1. The van der Waals surface area contributed by atoms with Crippen LogP contribution in [0, 0.1) is 0 Å². The molecule has 2 heterocycles. The standard InChI is InChI=1S/C18H29N3O/c1-13(2)21(14(3)4)18-16(9-8-11-19-18)17-10-6-7-12-20(17)15(5)22/h8-9,11,13-14,17H,6-7,10,12H2,1-5H3/t17-/m1/s1. The fourth-order valence-corrected chi connectivity index (χ4v) is 3.60. The van der Waals surface area contributed by atoms with Gasteiger partial charge in [-0.3, -0.25) is 4.79 Å². The molecule has 0 N–H and O–H groups in total.